The first-order valence-electron chi connectivity index (χ1n) is 5.34. The number of nitrogens with one attached hydrogen (secondary N) is 1. The van der Waals surface area contributed by atoms with E-state index in [1.165, 1.54) is 11.8 Å². The number of aryl methyl sites for hydroxylation is 2. The van der Waals surface area contributed by atoms with Gasteiger partial charge in [0.1, 0.15) is 16.7 Å². The van der Waals surface area contributed by atoms with E-state index in [4.69, 9.17) is 11.1 Å². The zero-order valence-corrected chi connectivity index (χ0v) is 11.2. The molecule has 2 aromatic rings. The second kappa shape index (κ2) is 4.77. The molecule has 0 atom stereocenters. The summed E-state index contributed by atoms with van der Waals surface area (Å²) >= 11 is 1.36. The molecule has 94 valence electrons. The van der Waals surface area contributed by atoms with Crippen LogP contribution >= 0.6 is 11.8 Å². The van der Waals surface area contributed by atoms with Crippen LogP contribution in [0.4, 0.5) is 0 Å². The highest BCUT2D eigenvalue weighted by Crippen LogP contribution is 2.28. The molecule has 7 heteroatoms. The molecular weight excluding hydrogens is 248 g/mol. The van der Waals surface area contributed by atoms with Crippen LogP contribution in [0.1, 0.15) is 17.0 Å². The van der Waals surface area contributed by atoms with Gasteiger partial charge < -0.3 is 10.3 Å². The number of nitrogens with zero attached hydrogens (tertiary/aromatic N) is 4. The molecule has 0 aromatic carbocycles. The van der Waals surface area contributed by atoms with Crippen molar-refractivity contribution in [1.82, 2.24) is 19.7 Å². The van der Waals surface area contributed by atoms with Gasteiger partial charge in [-0.1, -0.05) is 0 Å². The molecule has 0 aliphatic rings. The van der Waals surface area contributed by atoms with Gasteiger partial charge in [-0.25, -0.2) is 4.98 Å². The Labute approximate surface area is 109 Å². The van der Waals surface area contributed by atoms with Crippen LogP contribution in [0.15, 0.2) is 22.4 Å². The summed E-state index contributed by atoms with van der Waals surface area (Å²) in [6.45, 7) is 3.79. The molecule has 6 nitrogen and oxygen atoms in total. The molecule has 0 bridgehead atoms. The van der Waals surface area contributed by atoms with Gasteiger partial charge in [0.15, 0.2) is 5.16 Å². The molecule has 0 amide bonds. The van der Waals surface area contributed by atoms with Gasteiger partial charge in [-0.3, -0.25) is 5.41 Å². The number of aromatic nitrogens is 4. The Morgan fingerprint density at radius 2 is 2.11 bits per heavy atom. The third-order valence-electron chi connectivity index (χ3n) is 2.63. The van der Waals surface area contributed by atoms with Crippen molar-refractivity contribution in [2.75, 3.05) is 0 Å². The Kier molecular flexibility index (Phi) is 3.33. The normalized spacial score (nSPS) is 10.6. The van der Waals surface area contributed by atoms with E-state index in [1.54, 1.807) is 6.20 Å². The number of nitrogen functional groups attached to an aromatic ring is 1. The van der Waals surface area contributed by atoms with Crippen molar-refractivity contribution in [3.63, 3.8) is 0 Å². The molecule has 0 aliphatic carbocycles. The number of nitrogens with two attached hydrogens (primary N) is 1. The Morgan fingerprint density at radius 1 is 1.39 bits per heavy atom. The zero-order chi connectivity index (χ0) is 13.3. The number of pyridine rings is 1. The van der Waals surface area contributed by atoms with Crippen molar-refractivity contribution in [2.45, 2.75) is 24.0 Å². The van der Waals surface area contributed by atoms with E-state index in [-0.39, 0.29) is 5.84 Å². The third-order valence-corrected chi connectivity index (χ3v) is 3.68. The predicted octanol–water partition coefficient (Wildman–Crippen LogP) is 1.26. The highest BCUT2D eigenvalue weighted by Gasteiger charge is 2.14. The zero-order valence-electron chi connectivity index (χ0n) is 10.4. The molecule has 0 aliphatic heterocycles. The lowest BCUT2D eigenvalue weighted by atomic mass is 10.1. The summed E-state index contributed by atoms with van der Waals surface area (Å²) in [5.41, 5.74) is 7.18. The van der Waals surface area contributed by atoms with Crippen molar-refractivity contribution in [3.05, 3.63) is 29.2 Å². The minimum atomic E-state index is 0.0157. The fraction of sp³-hybridized carbons (Fsp3) is 0.273. The van der Waals surface area contributed by atoms with Crippen LogP contribution in [-0.4, -0.2) is 25.6 Å². The summed E-state index contributed by atoms with van der Waals surface area (Å²) in [5.74, 6) is 0.844. The molecule has 0 unspecified atom stereocenters. The lowest BCUT2D eigenvalue weighted by molar-refractivity contribution is 0.764. The highest BCUT2D eigenvalue weighted by atomic mass is 32.2. The number of hydrogen-bond donors (Lipinski definition) is 2. The first kappa shape index (κ1) is 12.6. The maximum Gasteiger partial charge on any atom is 0.197 e. The van der Waals surface area contributed by atoms with Crippen molar-refractivity contribution in [3.8, 4) is 0 Å². The van der Waals surface area contributed by atoms with Crippen LogP contribution in [-0.2, 0) is 7.05 Å². The molecule has 0 spiro atoms. The molecule has 0 fully saturated rings. The first-order chi connectivity index (χ1) is 8.50. The lowest BCUT2D eigenvalue weighted by Gasteiger charge is -2.08. The van der Waals surface area contributed by atoms with Gasteiger partial charge in [-0.15, -0.1) is 10.2 Å². The summed E-state index contributed by atoms with van der Waals surface area (Å²) in [6, 6.07) is 1.84. The molecule has 0 saturated carbocycles. The topological polar surface area (TPSA) is 93.5 Å². The predicted molar refractivity (Wildman–Crippen MR) is 69.9 cm³/mol. The largest absolute Gasteiger partial charge is 0.384 e. The Balaban J connectivity index is 2.44. The molecule has 3 N–H and O–H groups in total. The Morgan fingerprint density at radius 3 is 2.67 bits per heavy atom. The Bertz CT molecular complexity index is 604. The molecule has 2 heterocycles. The van der Waals surface area contributed by atoms with Crippen LogP contribution in [0, 0.1) is 19.3 Å². The molecule has 2 rings (SSSR count). The number of amidine groups is 1. The smallest absolute Gasteiger partial charge is 0.197 e. The van der Waals surface area contributed by atoms with E-state index < -0.39 is 0 Å². The van der Waals surface area contributed by atoms with Crippen LogP contribution in [0.25, 0.3) is 0 Å². The van der Waals surface area contributed by atoms with Crippen molar-refractivity contribution < 1.29 is 0 Å². The van der Waals surface area contributed by atoms with E-state index in [0.29, 0.717) is 10.6 Å². The molecule has 0 saturated heterocycles. The van der Waals surface area contributed by atoms with Crippen LogP contribution in [0.5, 0.6) is 0 Å². The van der Waals surface area contributed by atoms with E-state index in [0.717, 1.165) is 16.5 Å². The van der Waals surface area contributed by atoms with Gasteiger partial charge in [0.05, 0.1) is 5.56 Å². The Hall–Kier alpha value is -1.89. The van der Waals surface area contributed by atoms with Gasteiger partial charge in [-0.2, -0.15) is 0 Å². The summed E-state index contributed by atoms with van der Waals surface area (Å²) in [4.78, 5) is 4.27. The first-order valence-corrected chi connectivity index (χ1v) is 6.16. The quantitative estimate of drug-likeness (QED) is 0.641. The van der Waals surface area contributed by atoms with Crippen molar-refractivity contribution >= 4 is 17.6 Å². The molecular formula is C11H14N6S. The number of hydrogen-bond acceptors (Lipinski definition) is 5. The standard InChI is InChI=1S/C11H14N6S/c1-6-4-5-14-10(8(6)9(12)13)18-11-16-15-7(2)17(11)3/h4-5H,1-3H3,(H3,12,13). The van der Waals surface area contributed by atoms with Crippen molar-refractivity contribution in [1.29, 1.82) is 5.41 Å². The molecule has 18 heavy (non-hydrogen) atoms. The van der Waals surface area contributed by atoms with Crippen LogP contribution < -0.4 is 5.73 Å². The van der Waals surface area contributed by atoms with Gasteiger partial charge in [0.25, 0.3) is 0 Å². The van der Waals surface area contributed by atoms with E-state index in [2.05, 4.69) is 15.2 Å². The van der Waals surface area contributed by atoms with Crippen LogP contribution in [0.2, 0.25) is 0 Å². The minimum Gasteiger partial charge on any atom is -0.384 e. The van der Waals surface area contributed by atoms with Crippen LogP contribution in [0.3, 0.4) is 0 Å². The van der Waals surface area contributed by atoms with Gasteiger partial charge >= 0.3 is 0 Å². The average molecular weight is 262 g/mol. The van der Waals surface area contributed by atoms with Crippen molar-refractivity contribution in [2.24, 2.45) is 12.8 Å². The summed E-state index contributed by atoms with van der Waals surface area (Å²) < 4.78 is 1.87. The SMILES string of the molecule is Cc1ccnc(Sc2nnc(C)n2C)c1C(=N)N. The number of rotatable bonds is 3. The molecule has 2 aromatic heterocycles. The summed E-state index contributed by atoms with van der Waals surface area (Å²) in [5, 5.41) is 17.1. The fourth-order valence-corrected chi connectivity index (χ4v) is 2.51. The molecule has 0 radical (unpaired) electrons. The second-order valence-corrected chi connectivity index (χ2v) is 4.87. The maximum absolute atomic E-state index is 7.62. The summed E-state index contributed by atoms with van der Waals surface area (Å²) in [6.07, 6.45) is 1.70. The van der Waals surface area contributed by atoms with Gasteiger partial charge in [0.2, 0.25) is 0 Å². The van der Waals surface area contributed by atoms with E-state index in [9.17, 15) is 0 Å². The van der Waals surface area contributed by atoms with Gasteiger partial charge in [-0.05, 0) is 37.2 Å². The van der Waals surface area contributed by atoms with E-state index >= 15 is 0 Å². The van der Waals surface area contributed by atoms with E-state index in [1.807, 2.05) is 31.5 Å². The average Bonchev–Trinajstić information content (AvgIpc) is 2.60. The monoisotopic (exact) mass is 262 g/mol. The third kappa shape index (κ3) is 2.21. The van der Waals surface area contributed by atoms with Gasteiger partial charge in [0, 0.05) is 13.2 Å². The minimum absolute atomic E-state index is 0.0157. The highest BCUT2D eigenvalue weighted by molar-refractivity contribution is 7.99. The summed E-state index contributed by atoms with van der Waals surface area (Å²) in [7, 11) is 1.89. The lowest BCUT2D eigenvalue weighted by Crippen LogP contribution is -2.15. The second-order valence-electron chi connectivity index (χ2n) is 3.91. The maximum atomic E-state index is 7.62. The fourth-order valence-electron chi connectivity index (χ4n) is 1.50.